The van der Waals surface area contributed by atoms with Crippen molar-refractivity contribution in [1.29, 1.82) is 0 Å². The number of hydrazone groups is 1. The number of fused-ring (bicyclic) bond motifs is 1. The van der Waals surface area contributed by atoms with Crippen LogP contribution in [0.15, 0.2) is 29.4 Å². The van der Waals surface area contributed by atoms with Crippen molar-refractivity contribution in [3.63, 3.8) is 0 Å². The number of ether oxygens (including phenoxy) is 1. The molecule has 2 aliphatic rings. The normalized spacial score (nSPS) is 18.1. The zero-order valence-electron chi connectivity index (χ0n) is 15.5. The number of allylic oxidation sites excluding steroid dienone is 1. The van der Waals surface area contributed by atoms with Gasteiger partial charge in [-0.15, -0.1) is 0 Å². The third-order valence-electron chi connectivity index (χ3n) is 4.37. The number of methoxy groups -OCH3 is 1. The fourth-order valence-corrected chi connectivity index (χ4v) is 2.92. The molecule has 1 unspecified atom stereocenters. The van der Waals surface area contributed by atoms with E-state index in [1.165, 1.54) is 7.11 Å². The predicted molar refractivity (Wildman–Crippen MR) is 101 cm³/mol. The molecule has 1 heterocycles. The van der Waals surface area contributed by atoms with Crippen molar-refractivity contribution >= 4 is 17.4 Å². The predicted octanol–water partition coefficient (Wildman–Crippen LogP) is 2.42. The summed E-state index contributed by atoms with van der Waals surface area (Å²) in [5.41, 5.74) is 5.95. The van der Waals surface area contributed by atoms with E-state index in [0.717, 1.165) is 11.1 Å². The molecule has 1 atom stereocenters. The maximum Gasteiger partial charge on any atom is 0.305 e. The minimum Gasteiger partial charge on any atom is -0.505 e. The molecule has 0 radical (unpaired) electrons. The number of phenolic OH excluding ortho intramolecular Hbond substituents is 1. The molecule has 1 aliphatic carbocycles. The summed E-state index contributed by atoms with van der Waals surface area (Å²) in [4.78, 5) is 11.5. The van der Waals surface area contributed by atoms with E-state index in [-0.39, 0.29) is 29.6 Å². The largest absolute Gasteiger partial charge is 0.505 e. The molecule has 2 N–H and O–H groups in total. The number of benzene rings is 1. The van der Waals surface area contributed by atoms with Crippen LogP contribution in [0.4, 0.5) is 5.69 Å². The Morgan fingerprint density at radius 2 is 2.19 bits per heavy atom. The molecule has 0 bridgehead atoms. The second kappa shape index (κ2) is 6.85. The molecule has 6 nitrogen and oxygen atoms in total. The van der Waals surface area contributed by atoms with Crippen molar-refractivity contribution in [2.45, 2.75) is 45.1 Å². The Bertz CT molecular complexity index is 854. The Labute approximate surface area is 153 Å². The number of hydrogen-bond donors (Lipinski definition) is 2. The number of esters is 1. The second-order valence-corrected chi connectivity index (χ2v) is 7.37. The number of carbonyl (C=O) groups is 1. The van der Waals surface area contributed by atoms with E-state index < -0.39 is 0 Å². The first kappa shape index (κ1) is 18.0. The van der Waals surface area contributed by atoms with Crippen LogP contribution in [0.1, 0.15) is 38.3 Å². The Kier molecular flexibility index (Phi) is 4.75. The van der Waals surface area contributed by atoms with Crippen molar-refractivity contribution in [2.75, 3.05) is 12.2 Å². The summed E-state index contributed by atoms with van der Waals surface area (Å²) in [5, 5.41) is 16.9. The lowest BCUT2D eigenvalue weighted by Crippen LogP contribution is -2.37. The third-order valence-corrected chi connectivity index (χ3v) is 4.37. The molecule has 1 aromatic carbocycles. The number of nitrogens with one attached hydrogen (secondary N) is 1. The number of anilines is 1. The molecule has 0 aromatic heterocycles. The van der Waals surface area contributed by atoms with Gasteiger partial charge in [-0.25, -0.2) is 0 Å². The molecular formula is C20H23N3O3. The van der Waals surface area contributed by atoms with Gasteiger partial charge in [-0.2, -0.15) is 15.6 Å². The fourth-order valence-electron chi connectivity index (χ4n) is 2.92. The fraction of sp³-hybridized carbons (Fsp3) is 0.400. The van der Waals surface area contributed by atoms with E-state index in [9.17, 15) is 9.90 Å². The number of carbonyl (C=O) groups excluding carboxylic acids is 1. The molecule has 3 rings (SSSR count). The van der Waals surface area contributed by atoms with Gasteiger partial charge in [0.1, 0.15) is 17.1 Å². The molecule has 1 aliphatic heterocycles. The summed E-state index contributed by atoms with van der Waals surface area (Å²) in [7, 11) is 1.38. The van der Waals surface area contributed by atoms with Crippen LogP contribution in [0, 0.1) is 11.8 Å². The van der Waals surface area contributed by atoms with Gasteiger partial charge in [-0.3, -0.25) is 4.79 Å². The highest BCUT2D eigenvalue weighted by molar-refractivity contribution is 6.08. The van der Waals surface area contributed by atoms with Gasteiger partial charge in [0, 0.05) is 12.0 Å². The lowest BCUT2D eigenvalue weighted by atomic mass is 9.84. The van der Waals surface area contributed by atoms with E-state index in [1.807, 2.05) is 39.0 Å². The van der Waals surface area contributed by atoms with Gasteiger partial charge >= 0.3 is 5.97 Å². The van der Waals surface area contributed by atoms with E-state index in [1.54, 1.807) is 11.2 Å². The SMILES string of the molecule is COC(=O)CCc1cc(N2N=C3C#CC=CC3N2)c(O)c(C(C)(C)C)c1. The third kappa shape index (κ3) is 3.58. The van der Waals surface area contributed by atoms with Gasteiger partial charge in [-0.05, 0) is 35.5 Å². The summed E-state index contributed by atoms with van der Waals surface area (Å²) in [6.07, 6.45) is 4.52. The van der Waals surface area contributed by atoms with Crippen molar-refractivity contribution in [3.05, 3.63) is 35.4 Å². The molecule has 1 aromatic rings. The van der Waals surface area contributed by atoms with Crippen LogP contribution >= 0.6 is 0 Å². The zero-order valence-corrected chi connectivity index (χ0v) is 15.5. The van der Waals surface area contributed by atoms with E-state index in [4.69, 9.17) is 4.74 Å². The number of aromatic hydroxyl groups is 1. The quantitative estimate of drug-likeness (QED) is 0.642. The van der Waals surface area contributed by atoms with E-state index >= 15 is 0 Å². The molecule has 6 heteroatoms. The monoisotopic (exact) mass is 353 g/mol. The molecule has 0 spiro atoms. The Morgan fingerprint density at radius 1 is 1.42 bits per heavy atom. The number of nitrogens with zero attached hydrogens (tertiary/aromatic N) is 2. The van der Waals surface area contributed by atoms with Gasteiger partial charge in [-0.1, -0.05) is 38.8 Å². The average molecular weight is 353 g/mol. The molecular weight excluding hydrogens is 330 g/mol. The first-order valence-corrected chi connectivity index (χ1v) is 8.56. The number of hydrogen-bond acceptors (Lipinski definition) is 6. The van der Waals surface area contributed by atoms with Crippen molar-refractivity contribution < 1.29 is 14.6 Å². The molecule has 0 saturated heterocycles. The van der Waals surface area contributed by atoms with Gasteiger partial charge in [0.25, 0.3) is 0 Å². The van der Waals surface area contributed by atoms with Crippen molar-refractivity contribution in [1.82, 2.24) is 5.43 Å². The van der Waals surface area contributed by atoms with Gasteiger partial charge in [0.15, 0.2) is 0 Å². The lowest BCUT2D eigenvalue weighted by Gasteiger charge is -2.26. The lowest BCUT2D eigenvalue weighted by molar-refractivity contribution is -0.140. The summed E-state index contributed by atoms with van der Waals surface area (Å²) in [6.45, 7) is 6.10. The molecule has 26 heavy (non-hydrogen) atoms. The molecule has 0 amide bonds. The van der Waals surface area contributed by atoms with Crippen molar-refractivity contribution in [2.24, 2.45) is 5.10 Å². The number of aryl methyl sites for hydroxylation is 1. The number of hydrazine groups is 1. The smallest absolute Gasteiger partial charge is 0.305 e. The van der Waals surface area contributed by atoms with E-state index in [2.05, 4.69) is 22.4 Å². The zero-order chi connectivity index (χ0) is 18.9. The van der Waals surface area contributed by atoms with Crippen LogP contribution in [0.3, 0.4) is 0 Å². The number of rotatable bonds is 4. The van der Waals surface area contributed by atoms with Crippen LogP contribution < -0.4 is 10.5 Å². The number of phenols is 1. The topological polar surface area (TPSA) is 74.2 Å². The van der Waals surface area contributed by atoms with Crippen LogP contribution in [0.25, 0.3) is 0 Å². The summed E-state index contributed by atoms with van der Waals surface area (Å²) in [6, 6.07) is 3.70. The minimum absolute atomic E-state index is 0.0903. The highest BCUT2D eigenvalue weighted by atomic mass is 16.5. The molecule has 0 saturated carbocycles. The summed E-state index contributed by atoms with van der Waals surface area (Å²) < 4.78 is 4.73. The molecule has 0 fully saturated rings. The van der Waals surface area contributed by atoms with Crippen LogP contribution in [0.5, 0.6) is 5.75 Å². The summed E-state index contributed by atoms with van der Waals surface area (Å²) >= 11 is 0. The second-order valence-electron chi connectivity index (χ2n) is 7.37. The minimum atomic E-state index is -0.264. The molecule has 136 valence electrons. The highest BCUT2D eigenvalue weighted by Gasteiger charge is 2.29. The Balaban J connectivity index is 1.99. The average Bonchev–Trinajstić information content (AvgIpc) is 3.03. The first-order valence-electron chi connectivity index (χ1n) is 8.56. The maximum atomic E-state index is 11.5. The Morgan fingerprint density at radius 3 is 2.85 bits per heavy atom. The van der Waals surface area contributed by atoms with Crippen molar-refractivity contribution in [3.8, 4) is 17.6 Å². The van der Waals surface area contributed by atoms with Crippen LogP contribution in [-0.4, -0.2) is 29.9 Å². The maximum absolute atomic E-state index is 11.5. The van der Waals surface area contributed by atoms with Gasteiger partial charge in [0.2, 0.25) is 0 Å². The first-order chi connectivity index (χ1) is 12.3. The van der Waals surface area contributed by atoms with Crippen LogP contribution in [-0.2, 0) is 21.4 Å². The van der Waals surface area contributed by atoms with Crippen LogP contribution in [0.2, 0.25) is 0 Å². The van der Waals surface area contributed by atoms with E-state index in [0.29, 0.717) is 17.8 Å². The van der Waals surface area contributed by atoms with Gasteiger partial charge in [0.05, 0.1) is 13.2 Å². The standard InChI is InChI=1S/C20H23N3O3/c1-20(2,3)14-11-13(9-10-18(24)26-4)12-17(19(14)25)23-21-15-7-5-6-8-16(15)22-23/h5,7,11-12,15,21,25H,9-10H2,1-4H3. The Hall–Kier alpha value is -2.78. The highest BCUT2D eigenvalue weighted by Crippen LogP contribution is 2.40. The summed E-state index contributed by atoms with van der Waals surface area (Å²) in [5.74, 6) is 5.77. The van der Waals surface area contributed by atoms with Gasteiger partial charge < -0.3 is 9.84 Å².